The van der Waals surface area contributed by atoms with Gasteiger partial charge in [0.1, 0.15) is 11.9 Å². The summed E-state index contributed by atoms with van der Waals surface area (Å²) in [5, 5.41) is 0. The third kappa shape index (κ3) is 7.22. The number of rotatable bonds is 6. The number of hydrogen-bond acceptors (Lipinski definition) is 6. The minimum Gasteiger partial charge on any atom is -0.449 e. The Hall–Kier alpha value is -2.55. The predicted molar refractivity (Wildman–Crippen MR) is 77.2 cm³/mol. The molecular formula is C13H11F6NO7S. The van der Waals surface area contributed by atoms with E-state index in [1.54, 1.807) is 0 Å². The molecule has 1 aromatic rings. The van der Waals surface area contributed by atoms with Crippen molar-refractivity contribution in [2.24, 2.45) is 0 Å². The number of likely N-dealkylation sites (N-methyl/N-ethyl adjacent to an activating group) is 1. The summed E-state index contributed by atoms with van der Waals surface area (Å²) in [7, 11) is -4.42. The second-order valence-electron chi connectivity index (χ2n) is 5.16. The Morgan fingerprint density at radius 3 is 2.18 bits per heavy atom. The van der Waals surface area contributed by atoms with Crippen molar-refractivity contribution in [3.8, 4) is 5.75 Å². The molecule has 1 aromatic carbocycles. The van der Waals surface area contributed by atoms with Gasteiger partial charge in [-0.2, -0.15) is 34.8 Å². The molecule has 8 nitrogen and oxygen atoms in total. The van der Waals surface area contributed by atoms with Crippen LogP contribution < -0.4 is 4.18 Å². The number of ether oxygens (including phenoxy) is 1. The van der Waals surface area contributed by atoms with Gasteiger partial charge >= 0.3 is 34.6 Å². The van der Waals surface area contributed by atoms with Gasteiger partial charge in [0.15, 0.2) is 0 Å². The molecule has 0 radical (unpaired) electrons. The maximum absolute atomic E-state index is 12.5. The van der Waals surface area contributed by atoms with E-state index in [0.29, 0.717) is 13.1 Å². The van der Waals surface area contributed by atoms with Crippen molar-refractivity contribution >= 4 is 22.3 Å². The van der Waals surface area contributed by atoms with Gasteiger partial charge in [0.2, 0.25) is 0 Å². The first kappa shape index (κ1) is 23.5. The van der Waals surface area contributed by atoms with Gasteiger partial charge in [0.05, 0.1) is 6.54 Å². The first-order chi connectivity index (χ1) is 12.5. The summed E-state index contributed by atoms with van der Waals surface area (Å²) in [6.45, 7) is -1.16. The highest BCUT2D eigenvalue weighted by Crippen LogP contribution is 2.28. The minimum atomic E-state index is -5.49. The predicted octanol–water partition coefficient (Wildman–Crippen LogP) is 2.04. The lowest BCUT2D eigenvalue weighted by molar-refractivity contribution is -0.207. The van der Waals surface area contributed by atoms with E-state index in [1.807, 2.05) is 0 Å². The lowest BCUT2D eigenvalue weighted by Gasteiger charge is -2.25. The first-order valence-electron chi connectivity index (χ1n) is 6.87. The monoisotopic (exact) mass is 439 g/mol. The zero-order valence-corrected chi connectivity index (χ0v) is 14.4. The number of carbonyl (C=O) groups excluding carboxylic acids is 2. The molecule has 1 amide bonds. The molecule has 0 aliphatic carbocycles. The maximum Gasteiger partial charge on any atom is 0.490 e. The molecule has 1 atom stereocenters. The zero-order valence-electron chi connectivity index (χ0n) is 13.6. The van der Waals surface area contributed by atoms with Crippen molar-refractivity contribution < 1.29 is 57.8 Å². The van der Waals surface area contributed by atoms with Crippen molar-refractivity contribution in [1.82, 2.24) is 4.90 Å². The molecule has 1 N–H and O–H groups in total. The van der Waals surface area contributed by atoms with Gasteiger partial charge in [0, 0.05) is 7.05 Å². The topological polar surface area (TPSA) is 110 Å². The standard InChI is InChI=1S/C13H11F6NO7S/c1-20(10(21)12(14,15)16)6-9(26-11(22)13(17,18)19)7-3-2-4-8(5-7)27-28(23,24)25/h2-5,9H,6H2,1H3,(H,23,24,25)/t9-/m0/s1. The fourth-order valence-corrected chi connectivity index (χ4v) is 2.19. The number of esters is 1. The maximum atomic E-state index is 12.5. The normalized spacial score (nSPS) is 13.6. The lowest BCUT2D eigenvalue weighted by atomic mass is 10.1. The van der Waals surface area contributed by atoms with Crippen molar-refractivity contribution in [3.05, 3.63) is 29.8 Å². The van der Waals surface area contributed by atoms with Crippen LogP contribution in [0.1, 0.15) is 11.7 Å². The van der Waals surface area contributed by atoms with Crippen LogP contribution in [-0.4, -0.2) is 55.7 Å². The lowest BCUT2D eigenvalue weighted by Crippen LogP contribution is -2.41. The van der Waals surface area contributed by atoms with Gasteiger partial charge in [-0.05, 0) is 17.7 Å². The van der Waals surface area contributed by atoms with E-state index >= 15 is 0 Å². The van der Waals surface area contributed by atoms with Crippen LogP contribution in [0.15, 0.2) is 24.3 Å². The summed E-state index contributed by atoms with van der Waals surface area (Å²) >= 11 is 0. The van der Waals surface area contributed by atoms with E-state index < -0.39 is 58.6 Å². The molecular weight excluding hydrogens is 428 g/mol. The van der Waals surface area contributed by atoms with Crippen LogP contribution in [0.25, 0.3) is 0 Å². The van der Waals surface area contributed by atoms with Gasteiger partial charge in [-0.25, -0.2) is 4.79 Å². The van der Waals surface area contributed by atoms with E-state index in [-0.39, 0.29) is 4.90 Å². The number of hydrogen-bond donors (Lipinski definition) is 1. The Kier molecular flexibility index (Phi) is 6.89. The van der Waals surface area contributed by atoms with Crippen molar-refractivity contribution in [3.63, 3.8) is 0 Å². The summed E-state index contributed by atoms with van der Waals surface area (Å²) < 4.78 is 113. The van der Waals surface area contributed by atoms with Crippen molar-refractivity contribution in [2.45, 2.75) is 18.5 Å². The molecule has 0 aromatic heterocycles. The Morgan fingerprint density at radius 1 is 1.14 bits per heavy atom. The van der Waals surface area contributed by atoms with Gasteiger partial charge in [0.25, 0.3) is 0 Å². The summed E-state index contributed by atoms with van der Waals surface area (Å²) in [5.41, 5.74) is -0.444. The third-order valence-corrected chi connectivity index (χ3v) is 3.34. The molecule has 0 spiro atoms. The highest BCUT2D eigenvalue weighted by Gasteiger charge is 2.45. The Morgan fingerprint density at radius 2 is 1.71 bits per heavy atom. The summed E-state index contributed by atoms with van der Waals surface area (Å²) in [6, 6.07) is 3.59. The Bertz CT molecular complexity index is 837. The van der Waals surface area contributed by atoms with Crippen LogP contribution in [0.4, 0.5) is 26.3 Å². The minimum absolute atomic E-state index is 0.0371. The molecule has 0 aliphatic rings. The molecule has 0 heterocycles. The SMILES string of the molecule is CN(C[C@H](OC(=O)C(F)(F)F)c1cccc(OS(=O)(=O)O)c1)C(=O)C(F)(F)F. The van der Waals surface area contributed by atoms with Crippen LogP contribution >= 0.6 is 0 Å². The zero-order chi connectivity index (χ0) is 21.9. The summed E-state index contributed by atoms with van der Waals surface area (Å²) in [5.74, 6) is -5.82. The second kappa shape index (κ2) is 8.22. The van der Waals surface area contributed by atoms with Crippen LogP contribution in [0.3, 0.4) is 0 Å². The first-order valence-corrected chi connectivity index (χ1v) is 8.24. The number of halogens is 6. The third-order valence-electron chi connectivity index (χ3n) is 2.94. The van der Waals surface area contributed by atoms with E-state index in [9.17, 15) is 44.3 Å². The molecule has 1 rings (SSSR count). The molecule has 0 aliphatic heterocycles. The molecule has 0 unspecified atom stereocenters. The number of carbonyl (C=O) groups is 2. The van der Waals surface area contributed by atoms with E-state index in [4.69, 9.17) is 4.55 Å². The highest BCUT2D eigenvalue weighted by atomic mass is 32.3. The largest absolute Gasteiger partial charge is 0.490 e. The molecule has 158 valence electrons. The fraction of sp³-hybridized carbons (Fsp3) is 0.385. The van der Waals surface area contributed by atoms with Gasteiger partial charge in [-0.1, -0.05) is 12.1 Å². The van der Waals surface area contributed by atoms with Gasteiger partial charge < -0.3 is 13.8 Å². The molecule has 0 saturated heterocycles. The van der Waals surface area contributed by atoms with E-state index in [0.717, 1.165) is 18.2 Å². The fourth-order valence-electron chi connectivity index (χ4n) is 1.84. The van der Waals surface area contributed by atoms with Crippen molar-refractivity contribution in [2.75, 3.05) is 13.6 Å². The van der Waals surface area contributed by atoms with E-state index in [2.05, 4.69) is 8.92 Å². The highest BCUT2D eigenvalue weighted by molar-refractivity contribution is 7.81. The van der Waals surface area contributed by atoms with Crippen LogP contribution in [0.5, 0.6) is 5.75 Å². The molecule has 15 heteroatoms. The Labute approximate surface area is 153 Å². The molecule has 28 heavy (non-hydrogen) atoms. The quantitative estimate of drug-likeness (QED) is 0.410. The number of nitrogens with zero attached hydrogens (tertiary/aromatic N) is 1. The summed E-state index contributed by atoms with van der Waals surface area (Å²) in [6.07, 6.45) is -12.9. The Balaban J connectivity index is 3.22. The van der Waals surface area contributed by atoms with Crippen LogP contribution in [-0.2, 0) is 24.7 Å². The van der Waals surface area contributed by atoms with Gasteiger partial charge in [-0.15, -0.1) is 0 Å². The van der Waals surface area contributed by atoms with Crippen LogP contribution in [0, 0.1) is 0 Å². The van der Waals surface area contributed by atoms with Crippen LogP contribution in [0.2, 0.25) is 0 Å². The van der Waals surface area contributed by atoms with E-state index in [1.165, 1.54) is 0 Å². The number of alkyl halides is 6. The van der Waals surface area contributed by atoms with Gasteiger partial charge in [-0.3, -0.25) is 9.35 Å². The second-order valence-corrected chi connectivity index (χ2v) is 6.18. The smallest absolute Gasteiger partial charge is 0.449 e. The average molecular weight is 439 g/mol. The molecule has 0 bridgehead atoms. The molecule has 0 saturated carbocycles. The summed E-state index contributed by atoms with van der Waals surface area (Å²) in [4.78, 5) is 22.2. The number of benzene rings is 1. The van der Waals surface area contributed by atoms with Crippen molar-refractivity contribution in [1.29, 1.82) is 0 Å². The average Bonchev–Trinajstić information content (AvgIpc) is 2.50. The molecule has 0 fully saturated rings. The number of amides is 1.